The molecule has 14 heavy (non-hydrogen) atoms. The summed E-state index contributed by atoms with van der Waals surface area (Å²) < 4.78 is 0. The van der Waals surface area contributed by atoms with E-state index in [4.69, 9.17) is 5.73 Å². The first-order valence-corrected chi connectivity index (χ1v) is 5.11. The molecule has 0 bridgehead atoms. The summed E-state index contributed by atoms with van der Waals surface area (Å²) in [6, 6.07) is 0. The van der Waals surface area contributed by atoms with Gasteiger partial charge in [0.15, 0.2) is 5.82 Å². The zero-order valence-electron chi connectivity index (χ0n) is 9.30. The Balaban J connectivity index is 2.40. The Labute approximate surface area is 85.3 Å². The van der Waals surface area contributed by atoms with Crippen molar-refractivity contribution in [1.29, 1.82) is 0 Å². The highest BCUT2D eigenvalue weighted by atomic mass is 15.2. The van der Waals surface area contributed by atoms with E-state index < -0.39 is 0 Å². The minimum atomic E-state index is 0.295. The first kappa shape index (κ1) is 11.2. The number of hydrogen-bond acceptors (Lipinski definition) is 3. The molecular weight excluding hydrogens is 176 g/mol. The average Bonchev–Trinajstić information content (AvgIpc) is 2.48. The zero-order valence-corrected chi connectivity index (χ0v) is 9.30. The SMILES string of the molecule is Cc1nc(CCC(C)(C)CCN)n[nH]1. The summed E-state index contributed by atoms with van der Waals surface area (Å²) in [4.78, 5) is 4.28. The molecular formula is C10H20N4. The second-order valence-corrected chi connectivity index (χ2v) is 4.54. The lowest BCUT2D eigenvalue weighted by Crippen LogP contribution is -2.18. The molecule has 0 saturated heterocycles. The highest BCUT2D eigenvalue weighted by Gasteiger charge is 2.17. The van der Waals surface area contributed by atoms with Crippen LogP contribution in [0.3, 0.4) is 0 Å². The molecule has 0 saturated carbocycles. The summed E-state index contributed by atoms with van der Waals surface area (Å²) >= 11 is 0. The molecule has 1 aromatic heterocycles. The van der Waals surface area contributed by atoms with Crippen LogP contribution < -0.4 is 5.73 Å². The van der Waals surface area contributed by atoms with Crippen LogP contribution in [0.2, 0.25) is 0 Å². The van der Waals surface area contributed by atoms with E-state index in [2.05, 4.69) is 29.0 Å². The molecule has 1 heterocycles. The summed E-state index contributed by atoms with van der Waals surface area (Å²) in [7, 11) is 0. The third-order valence-corrected chi connectivity index (χ3v) is 2.49. The fourth-order valence-corrected chi connectivity index (χ4v) is 1.47. The number of nitrogens with one attached hydrogen (secondary N) is 1. The van der Waals surface area contributed by atoms with E-state index in [1.54, 1.807) is 0 Å². The molecule has 0 amide bonds. The molecule has 0 aliphatic rings. The standard InChI is InChI=1S/C10H20N4/c1-8-12-9(14-13-8)4-5-10(2,3)6-7-11/h4-7,11H2,1-3H3,(H,12,13,14). The van der Waals surface area contributed by atoms with Gasteiger partial charge >= 0.3 is 0 Å². The number of aromatic nitrogens is 3. The van der Waals surface area contributed by atoms with E-state index in [1.807, 2.05) is 6.92 Å². The van der Waals surface area contributed by atoms with E-state index in [1.165, 1.54) is 0 Å². The lowest BCUT2D eigenvalue weighted by atomic mass is 9.84. The van der Waals surface area contributed by atoms with Gasteiger partial charge in [-0.25, -0.2) is 4.98 Å². The quantitative estimate of drug-likeness (QED) is 0.748. The molecule has 4 nitrogen and oxygen atoms in total. The minimum Gasteiger partial charge on any atom is -0.330 e. The molecule has 0 radical (unpaired) electrons. The smallest absolute Gasteiger partial charge is 0.150 e. The van der Waals surface area contributed by atoms with Crippen molar-refractivity contribution < 1.29 is 0 Å². The Morgan fingerprint density at radius 3 is 2.57 bits per heavy atom. The summed E-state index contributed by atoms with van der Waals surface area (Å²) in [6.45, 7) is 7.14. The van der Waals surface area contributed by atoms with Crippen molar-refractivity contribution >= 4 is 0 Å². The van der Waals surface area contributed by atoms with Gasteiger partial charge in [0.2, 0.25) is 0 Å². The van der Waals surface area contributed by atoms with Gasteiger partial charge in [0, 0.05) is 6.42 Å². The van der Waals surface area contributed by atoms with Gasteiger partial charge in [-0.15, -0.1) is 0 Å². The predicted octanol–water partition coefficient (Wildman–Crippen LogP) is 1.42. The van der Waals surface area contributed by atoms with Crippen molar-refractivity contribution in [2.75, 3.05) is 6.54 Å². The monoisotopic (exact) mass is 196 g/mol. The fourth-order valence-electron chi connectivity index (χ4n) is 1.47. The average molecular weight is 196 g/mol. The predicted molar refractivity (Wildman–Crippen MR) is 56.9 cm³/mol. The molecule has 3 N–H and O–H groups in total. The van der Waals surface area contributed by atoms with Gasteiger partial charge < -0.3 is 5.73 Å². The van der Waals surface area contributed by atoms with Crippen molar-refractivity contribution in [2.45, 2.75) is 40.0 Å². The molecule has 0 unspecified atom stereocenters. The number of aryl methyl sites for hydroxylation is 2. The van der Waals surface area contributed by atoms with Crippen LogP contribution in [-0.4, -0.2) is 21.7 Å². The van der Waals surface area contributed by atoms with E-state index in [0.717, 1.165) is 37.5 Å². The van der Waals surface area contributed by atoms with Crippen molar-refractivity contribution in [1.82, 2.24) is 15.2 Å². The Morgan fingerprint density at radius 2 is 2.07 bits per heavy atom. The normalized spacial score (nSPS) is 12.0. The number of nitrogens with two attached hydrogens (primary N) is 1. The van der Waals surface area contributed by atoms with Crippen molar-refractivity contribution in [3.8, 4) is 0 Å². The van der Waals surface area contributed by atoms with Gasteiger partial charge in [-0.2, -0.15) is 5.10 Å². The molecule has 1 rings (SSSR count). The van der Waals surface area contributed by atoms with Crippen LogP contribution in [0, 0.1) is 12.3 Å². The molecule has 0 fully saturated rings. The van der Waals surface area contributed by atoms with Crippen LogP contribution in [0.1, 0.15) is 38.3 Å². The third kappa shape index (κ3) is 3.46. The summed E-state index contributed by atoms with van der Waals surface area (Å²) in [5, 5.41) is 6.96. The van der Waals surface area contributed by atoms with E-state index in [9.17, 15) is 0 Å². The molecule has 0 aromatic carbocycles. The van der Waals surface area contributed by atoms with Crippen LogP contribution >= 0.6 is 0 Å². The Morgan fingerprint density at radius 1 is 1.36 bits per heavy atom. The Hall–Kier alpha value is -0.900. The van der Waals surface area contributed by atoms with E-state index in [-0.39, 0.29) is 0 Å². The lowest BCUT2D eigenvalue weighted by molar-refractivity contribution is 0.311. The first-order valence-electron chi connectivity index (χ1n) is 5.11. The van der Waals surface area contributed by atoms with Gasteiger partial charge in [-0.1, -0.05) is 13.8 Å². The van der Waals surface area contributed by atoms with Gasteiger partial charge in [0.25, 0.3) is 0 Å². The summed E-state index contributed by atoms with van der Waals surface area (Å²) in [5.74, 6) is 1.80. The van der Waals surface area contributed by atoms with Crippen molar-refractivity contribution in [3.63, 3.8) is 0 Å². The van der Waals surface area contributed by atoms with Crippen LogP contribution in [0.4, 0.5) is 0 Å². The Kier molecular flexibility index (Phi) is 3.63. The topological polar surface area (TPSA) is 67.6 Å². The molecule has 0 aliphatic carbocycles. The lowest BCUT2D eigenvalue weighted by Gasteiger charge is -2.22. The second-order valence-electron chi connectivity index (χ2n) is 4.54. The summed E-state index contributed by atoms with van der Waals surface area (Å²) in [5.41, 5.74) is 5.85. The fraction of sp³-hybridized carbons (Fsp3) is 0.800. The number of rotatable bonds is 5. The van der Waals surface area contributed by atoms with Gasteiger partial charge in [-0.05, 0) is 31.7 Å². The summed E-state index contributed by atoms with van der Waals surface area (Å²) in [6.07, 6.45) is 3.06. The maximum Gasteiger partial charge on any atom is 0.150 e. The minimum absolute atomic E-state index is 0.295. The van der Waals surface area contributed by atoms with Crippen LogP contribution in [0.5, 0.6) is 0 Å². The molecule has 4 heteroatoms. The number of aromatic amines is 1. The largest absolute Gasteiger partial charge is 0.330 e. The second kappa shape index (κ2) is 4.55. The van der Waals surface area contributed by atoms with Crippen molar-refractivity contribution in [3.05, 3.63) is 11.6 Å². The number of H-pyrrole nitrogens is 1. The number of nitrogens with zero attached hydrogens (tertiary/aromatic N) is 2. The van der Waals surface area contributed by atoms with Crippen LogP contribution in [-0.2, 0) is 6.42 Å². The Bertz CT molecular complexity index is 277. The maximum atomic E-state index is 5.55. The van der Waals surface area contributed by atoms with Crippen LogP contribution in [0.25, 0.3) is 0 Å². The molecule has 0 spiro atoms. The molecule has 80 valence electrons. The van der Waals surface area contributed by atoms with E-state index >= 15 is 0 Å². The van der Waals surface area contributed by atoms with Crippen LogP contribution in [0.15, 0.2) is 0 Å². The third-order valence-electron chi connectivity index (χ3n) is 2.49. The van der Waals surface area contributed by atoms with E-state index in [0.29, 0.717) is 5.41 Å². The highest BCUT2D eigenvalue weighted by Crippen LogP contribution is 2.25. The maximum absolute atomic E-state index is 5.55. The van der Waals surface area contributed by atoms with Gasteiger partial charge in [0.05, 0.1) is 0 Å². The first-order chi connectivity index (χ1) is 6.53. The van der Waals surface area contributed by atoms with Gasteiger partial charge in [0.1, 0.15) is 5.82 Å². The van der Waals surface area contributed by atoms with Gasteiger partial charge in [-0.3, -0.25) is 5.10 Å². The zero-order chi connectivity index (χ0) is 10.6. The molecule has 1 aromatic rings. The molecule has 0 atom stereocenters. The molecule has 0 aliphatic heterocycles. The highest BCUT2D eigenvalue weighted by molar-refractivity contribution is 4.89. The number of hydrogen-bond donors (Lipinski definition) is 2. The van der Waals surface area contributed by atoms with Crippen molar-refractivity contribution in [2.24, 2.45) is 11.1 Å².